The van der Waals surface area contributed by atoms with Gasteiger partial charge in [-0.1, -0.05) is 48.3 Å². The van der Waals surface area contributed by atoms with Crippen molar-refractivity contribution in [2.75, 3.05) is 18.5 Å². The molecule has 1 unspecified atom stereocenters. The number of rotatable bonds is 2. The van der Waals surface area contributed by atoms with Gasteiger partial charge in [-0.2, -0.15) is 0 Å². The van der Waals surface area contributed by atoms with Crippen LogP contribution < -0.4 is 4.90 Å². The monoisotopic (exact) mass is 416 g/mol. The standard InChI is InChI=1S/C22H22Cl2N2O2/c1-13-7-8-21(27)26(22(13)28)20-6-4-3-5-15(20)17-11-25(2)12-18-16(17)9-14(23)10-19(18)24/h3-6,9-10,13,17H,7-8,11-12H2,1-2H3/t13?,17-/m0/s1. The van der Waals surface area contributed by atoms with Crippen molar-refractivity contribution < 1.29 is 9.59 Å². The minimum absolute atomic E-state index is 0.0287. The third-order valence-corrected chi connectivity index (χ3v) is 6.28. The van der Waals surface area contributed by atoms with E-state index < -0.39 is 0 Å². The highest BCUT2D eigenvalue weighted by molar-refractivity contribution is 6.35. The van der Waals surface area contributed by atoms with Crippen LogP contribution in [0, 0.1) is 5.92 Å². The van der Waals surface area contributed by atoms with Crippen LogP contribution in [0.4, 0.5) is 5.69 Å². The van der Waals surface area contributed by atoms with Crippen LogP contribution in [0.3, 0.4) is 0 Å². The van der Waals surface area contributed by atoms with Crippen molar-refractivity contribution in [2.45, 2.75) is 32.2 Å². The molecule has 0 aromatic heterocycles. The molecule has 6 heteroatoms. The molecule has 2 atom stereocenters. The predicted octanol–water partition coefficient (Wildman–Crippen LogP) is 4.86. The molecule has 146 valence electrons. The molecule has 0 aliphatic carbocycles. The first-order valence-corrected chi connectivity index (χ1v) is 10.2. The summed E-state index contributed by atoms with van der Waals surface area (Å²) < 4.78 is 0. The Morgan fingerprint density at radius 3 is 2.61 bits per heavy atom. The normalized spacial score (nSPS) is 23.1. The van der Waals surface area contributed by atoms with Crippen LogP contribution in [0.5, 0.6) is 0 Å². The van der Waals surface area contributed by atoms with Crippen LogP contribution in [-0.4, -0.2) is 30.3 Å². The van der Waals surface area contributed by atoms with Crippen molar-refractivity contribution in [3.05, 3.63) is 63.1 Å². The van der Waals surface area contributed by atoms with E-state index in [0.29, 0.717) is 28.6 Å². The molecular weight excluding hydrogens is 395 g/mol. The molecular formula is C22H22Cl2N2O2. The van der Waals surface area contributed by atoms with E-state index in [9.17, 15) is 9.59 Å². The third-order valence-electron chi connectivity index (χ3n) is 5.73. The summed E-state index contributed by atoms with van der Waals surface area (Å²) in [5.41, 5.74) is 3.73. The van der Waals surface area contributed by atoms with Crippen LogP contribution in [0.15, 0.2) is 36.4 Å². The number of piperidine rings is 1. The SMILES string of the molecule is CC1CCC(=O)N(c2ccccc2[C@@H]2CN(C)Cc3c(Cl)cc(Cl)cc32)C1=O. The lowest BCUT2D eigenvalue weighted by Gasteiger charge is -2.36. The lowest BCUT2D eigenvalue weighted by molar-refractivity contribution is -0.131. The molecule has 0 saturated carbocycles. The molecule has 0 bridgehead atoms. The lowest BCUT2D eigenvalue weighted by Crippen LogP contribution is -2.45. The Labute approximate surface area is 175 Å². The van der Waals surface area contributed by atoms with Crippen molar-refractivity contribution in [3.8, 4) is 0 Å². The maximum atomic E-state index is 12.8. The van der Waals surface area contributed by atoms with Gasteiger partial charge >= 0.3 is 0 Å². The third kappa shape index (κ3) is 3.34. The summed E-state index contributed by atoms with van der Waals surface area (Å²) in [5, 5.41) is 1.24. The fraction of sp³-hybridized carbons (Fsp3) is 0.364. The minimum Gasteiger partial charge on any atom is -0.301 e. The van der Waals surface area contributed by atoms with E-state index in [-0.39, 0.29) is 23.7 Å². The first kappa shape index (κ1) is 19.4. The number of anilines is 1. The van der Waals surface area contributed by atoms with Gasteiger partial charge in [0.05, 0.1) is 5.69 Å². The Morgan fingerprint density at radius 2 is 1.82 bits per heavy atom. The molecule has 2 aliphatic heterocycles. The molecule has 0 radical (unpaired) electrons. The number of para-hydroxylation sites is 1. The number of nitrogens with zero attached hydrogens (tertiary/aromatic N) is 2. The number of hydrogen-bond acceptors (Lipinski definition) is 3. The van der Waals surface area contributed by atoms with E-state index in [1.807, 2.05) is 44.3 Å². The number of benzene rings is 2. The van der Waals surface area contributed by atoms with Crippen LogP contribution in [0.25, 0.3) is 0 Å². The quantitative estimate of drug-likeness (QED) is 0.656. The van der Waals surface area contributed by atoms with E-state index >= 15 is 0 Å². The molecule has 0 N–H and O–H groups in total. The van der Waals surface area contributed by atoms with Crippen molar-refractivity contribution in [1.82, 2.24) is 4.90 Å². The van der Waals surface area contributed by atoms with E-state index in [1.54, 1.807) is 6.07 Å². The molecule has 2 aliphatic rings. The average Bonchev–Trinajstić information content (AvgIpc) is 2.66. The average molecular weight is 417 g/mol. The number of halogens is 2. The van der Waals surface area contributed by atoms with Crippen LogP contribution in [-0.2, 0) is 16.1 Å². The number of fused-ring (bicyclic) bond motifs is 1. The van der Waals surface area contributed by atoms with Gasteiger partial charge in [-0.15, -0.1) is 0 Å². The second-order valence-electron chi connectivity index (χ2n) is 7.77. The molecule has 0 spiro atoms. The topological polar surface area (TPSA) is 40.6 Å². The lowest BCUT2D eigenvalue weighted by atomic mass is 9.83. The Kier molecular flexibility index (Phi) is 5.21. The number of hydrogen-bond donors (Lipinski definition) is 0. The van der Waals surface area contributed by atoms with Crippen molar-refractivity contribution in [3.63, 3.8) is 0 Å². The number of likely N-dealkylation sites (N-methyl/N-ethyl adjacent to an activating group) is 1. The minimum atomic E-state index is -0.157. The first-order valence-electron chi connectivity index (χ1n) is 9.49. The highest BCUT2D eigenvalue weighted by atomic mass is 35.5. The molecule has 2 heterocycles. The van der Waals surface area contributed by atoms with Crippen molar-refractivity contribution in [2.24, 2.45) is 5.92 Å². The molecule has 1 saturated heterocycles. The van der Waals surface area contributed by atoms with Gasteiger partial charge in [0.15, 0.2) is 0 Å². The Bertz CT molecular complexity index is 960. The van der Waals surface area contributed by atoms with Gasteiger partial charge in [0.2, 0.25) is 11.8 Å². The van der Waals surface area contributed by atoms with Crippen LogP contribution >= 0.6 is 23.2 Å². The first-order chi connectivity index (χ1) is 13.4. The zero-order chi connectivity index (χ0) is 20.0. The summed E-state index contributed by atoms with van der Waals surface area (Å²) in [7, 11) is 2.04. The Hall–Kier alpha value is -1.88. The van der Waals surface area contributed by atoms with E-state index in [2.05, 4.69) is 4.90 Å². The van der Waals surface area contributed by atoms with Gasteiger partial charge < -0.3 is 4.90 Å². The summed E-state index contributed by atoms with van der Waals surface area (Å²) in [6.07, 6.45) is 0.997. The highest BCUT2D eigenvalue weighted by Gasteiger charge is 2.36. The number of carbonyl (C=O) groups excluding carboxylic acids is 2. The molecule has 1 fully saturated rings. The molecule has 4 rings (SSSR count). The molecule has 28 heavy (non-hydrogen) atoms. The van der Waals surface area contributed by atoms with Crippen molar-refractivity contribution in [1.29, 1.82) is 0 Å². The maximum absolute atomic E-state index is 12.8. The largest absolute Gasteiger partial charge is 0.301 e. The summed E-state index contributed by atoms with van der Waals surface area (Å²) in [6, 6.07) is 11.4. The van der Waals surface area contributed by atoms with Gasteiger partial charge in [0.1, 0.15) is 0 Å². The summed E-state index contributed by atoms with van der Waals surface area (Å²) >= 11 is 12.8. The number of imide groups is 1. The molecule has 2 aromatic rings. The summed E-state index contributed by atoms with van der Waals surface area (Å²) in [5.74, 6) is -0.448. The van der Waals surface area contributed by atoms with E-state index in [1.165, 1.54) is 4.90 Å². The Balaban J connectivity index is 1.86. The van der Waals surface area contributed by atoms with Gasteiger partial charge in [-0.3, -0.25) is 14.5 Å². The van der Waals surface area contributed by atoms with Gasteiger partial charge in [0.25, 0.3) is 0 Å². The summed E-state index contributed by atoms with van der Waals surface area (Å²) in [4.78, 5) is 29.1. The number of amides is 2. The second-order valence-corrected chi connectivity index (χ2v) is 8.61. The van der Waals surface area contributed by atoms with Gasteiger partial charge in [0, 0.05) is 41.4 Å². The Morgan fingerprint density at radius 1 is 1.07 bits per heavy atom. The smallest absolute Gasteiger partial charge is 0.236 e. The number of carbonyl (C=O) groups is 2. The zero-order valence-electron chi connectivity index (χ0n) is 15.9. The van der Waals surface area contributed by atoms with Gasteiger partial charge in [-0.05, 0) is 48.4 Å². The predicted molar refractivity (Wildman–Crippen MR) is 112 cm³/mol. The van der Waals surface area contributed by atoms with Crippen LogP contribution in [0.2, 0.25) is 10.0 Å². The van der Waals surface area contributed by atoms with Gasteiger partial charge in [-0.25, -0.2) is 0 Å². The van der Waals surface area contributed by atoms with Crippen molar-refractivity contribution >= 4 is 40.7 Å². The fourth-order valence-corrected chi connectivity index (χ4v) is 4.84. The zero-order valence-corrected chi connectivity index (χ0v) is 17.4. The van der Waals surface area contributed by atoms with E-state index in [0.717, 1.165) is 29.8 Å². The molecule has 2 aromatic carbocycles. The maximum Gasteiger partial charge on any atom is 0.236 e. The highest BCUT2D eigenvalue weighted by Crippen LogP contribution is 2.42. The fourth-order valence-electron chi connectivity index (χ4n) is 4.27. The second kappa shape index (κ2) is 7.51. The van der Waals surface area contributed by atoms with Crippen LogP contribution in [0.1, 0.15) is 42.4 Å². The molecule has 4 nitrogen and oxygen atoms in total. The molecule has 2 amide bonds. The van der Waals surface area contributed by atoms with E-state index in [4.69, 9.17) is 23.2 Å². The summed E-state index contributed by atoms with van der Waals surface area (Å²) in [6.45, 7) is 3.38.